The van der Waals surface area contributed by atoms with Gasteiger partial charge >= 0.3 is 0 Å². The van der Waals surface area contributed by atoms with Crippen molar-refractivity contribution in [1.29, 1.82) is 0 Å². The molecular weight excluding hydrogens is 300 g/mol. The normalized spacial score (nSPS) is 20.2. The van der Waals surface area contributed by atoms with Crippen molar-refractivity contribution in [3.05, 3.63) is 17.7 Å². The molecule has 1 heterocycles. The van der Waals surface area contributed by atoms with Crippen molar-refractivity contribution in [1.82, 2.24) is 10.6 Å². The monoisotopic (exact) mass is 324 g/mol. The van der Waals surface area contributed by atoms with Gasteiger partial charge in [-0.3, -0.25) is 4.79 Å². The van der Waals surface area contributed by atoms with E-state index >= 15 is 0 Å². The van der Waals surface area contributed by atoms with Gasteiger partial charge in [0.05, 0.1) is 33.5 Å². The maximum absolute atomic E-state index is 12.0. The van der Waals surface area contributed by atoms with Crippen LogP contribution in [0, 0.1) is 0 Å². The molecule has 3 N–H and O–H groups in total. The van der Waals surface area contributed by atoms with Crippen LogP contribution < -0.4 is 24.8 Å². The van der Waals surface area contributed by atoms with Crippen molar-refractivity contribution in [2.45, 2.75) is 25.0 Å². The van der Waals surface area contributed by atoms with Crippen LogP contribution in [0.25, 0.3) is 0 Å². The molecule has 7 heteroatoms. The van der Waals surface area contributed by atoms with Gasteiger partial charge < -0.3 is 30.0 Å². The van der Waals surface area contributed by atoms with E-state index in [1.807, 2.05) is 0 Å². The third-order valence-electron chi connectivity index (χ3n) is 3.92. The Balaban J connectivity index is 1.98. The number of hydrogen-bond acceptors (Lipinski definition) is 6. The fraction of sp³-hybridized carbons (Fsp3) is 0.562. The van der Waals surface area contributed by atoms with E-state index in [1.165, 1.54) is 0 Å². The lowest BCUT2D eigenvalue weighted by molar-refractivity contribution is -0.122. The first-order chi connectivity index (χ1) is 11.1. The Morgan fingerprint density at radius 3 is 2.39 bits per heavy atom. The molecule has 2 atom stereocenters. The van der Waals surface area contributed by atoms with Crippen molar-refractivity contribution in [2.75, 3.05) is 34.4 Å². The van der Waals surface area contributed by atoms with Crippen LogP contribution in [0.15, 0.2) is 12.1 Å². The molecule has 0 aromatic heterocycles. The van der Waals surface area contributed by atoms with E-state index in [0.29, 0.717) is 43.2 Å². The summed E-state index contributed by atoms with van der Waals surface area (Å²) in [7, 11) is 4.75. The van der Waals surface area contributed by atoms with E-state index in [0.717, 1.165) is 5.56 Å². The van der Waals surface area contributed by atoms with Gasteiger partial charge in [-0.2, -0.15) is 0 Å². The lowest BCUT2D eigenvalue weighted by atomic mass is 10.1. The van der Waals surface area contributed by atoms with E-state index < -0.39 is 6.10 Å². The lowest BCUT2D eigenvalue weighted by Gasteiger charge is -2.16. The van der Waals surface area contributed by atoms with Crippen LogP contribution in [0.3, 0.4) is 0 Å². The standard InChI is InChI=1S/C16H24N2O5/c1-21-11-7-14(22-2)12(15(8-11)23-3)4-5-17-16(20)13-6-10(19)9-18-13/h7-8,10,13,18-19H,4-6,9H2,1-3H3,(H,17,20). The molecule has 1 aliphatic rings. The number of ether oxygens (including phenoxy) is 3. The van der Waals surface area contributed by atoms with Gasteiger partial charge in [-0.05, 0) is 12.8 Å². The van der Waals surface area contributed by atoms with Gasteiger partial charge in [-0.25, -0.2) is 0 Å². The first kappa shape index (κ1) is 17.4. The maximum atomic E-state index is 12.0. The van der Waals surface area contributed by atoms with Gasteiger partial charge in [0, 0.05) is 30.8 Å². The molecule has 1 amide bonds. The van der Waals surface area contributed by atoms with Crippen LogP contribution in [-0.4, -0.2) is 57.6 Å². The molecule has 0 aliphatic carbocycles. The minimum Gasteiger partial charge on any atom is -0.496 e. The Kier molecular flexibility index (Phi) is 6.06. The van der Waals surface area contributed by atoms with Gasteiger partial charge in [-0.15, -0.1) is 0 Å². The van der Waals surface area contributed by atoms with Crippen LogP contribution in [-0.2, 0) is 11.2 Å². The third-order valence-corrected chi connectivity index (χ3v) is 3.92. The van der Waals surface area contributed by atoms with Gasteiger partial charge in [0.15, 0.2) is 0 Å². The van der Waals surface area contributed by atoms with Gasteiger partial charge in [0.1, 0.15) is 17.2 Å². The molecular formula is C16H24N2O5. The van der Waals surface area contributed by atoms with Gasteiger partial charge in [-0.1, -0.05) is 0 Å². The summed E-state index contributed by atoms with van der Waals surface area (Å²) in [5, 5.41) is 15.3. The molecule has 128 valence electrons. The average Bonchev–Trinajstić information content (AvgIpc) is 3.01. The Morgan fingerprint density at radius 2 is 1.91 bits per heavy atom. The Bertz CT molecular complexity index is 524. The zero-order valence-corrected chi connectivity index (χ0v) is 13.7. The molecule has 2 rings (SSSR count). The zero-order valence-electron chi connectivity index (χ0n) is 13.7. The Labute approximate surface area is 135 Å². The Hall–Kier alpha value is -1.99. The molecule has 0 spiro atoms. The highest BCUT2D eigenvalue weighted by Gasteiger charge is 2.27. The number of carbonyl (C=O) groups excluding carboxylic acids is 1. The number of benzene rings is 1. The van der Waals surface area contributed by atoms with Crippen molar-refractivity contribution in [2.24, 2.45) is 0 Å². The molecule has 1 aromatic carbocycles. The smallest absolute Gasteiger partial charge is 0.237 e. The number of hydrogen-bond donors (Lipinski definition) is 3. The number of amides is 1. The second kappa shape index (κ2) is 8.03. The molecule has 1 saturated heterocycles. The molecule has 23 heavy (non-hydrogen) atoms. The predicted octanol–water partition coefficient (Wildman–Crippen LogP) is 0.0939. The van der Waals surface area contributed by atoms with Gasteiger partial charge in [0.2, 0.25) is 5.91 Å². The summed E-state index contributed by atoms with van der Waals surface area (Å²) in [6, 6.07) is 3.24. The minimum atomic E-state index is -0.451. The summed E-state index contributed by atoms with van der Waals surface area (Å²) in [6.45, 7) is 0.907. The fourth-order valence-electron chi connectivity index (χ4n) is 2.67. The van der Waals surface area contributed by atoms with E-state index in [1.54, 1.807) is 33.5 Å². The Morgan fingerprint density at radius 1 is 1.26 bits per heavy atom. The first-order valence-electron chi connectivity index (χ1n) is 7.57. The second-order valence-electron chi connectivity index (χ2n) is 5.40. The van der Waals surface area contributed by atoms with Crippen LogP contribution in [0.5, 0.6) is 17.2 Å². The summed E-state index contributed by atoms with van der Waals surface area (Å²) < 4.78 is 16.0. The largest absolute Gasteiger partial charge is 0.496 e. The summed E-state index contributed by atoms with van der Waals surface area (Å²) >= 11 is 0. The SMILES string of the molecule is COc1cc(OC)c(CCNC(=O)C2CC(O)CN2)c(OC)c1. The maximum Gasteiger partial charge on any atom is 0.237 e. The molecule has 1 fully saturated rings. The van der Waals surface area contributed by atoms with Crippen LogP contribution in [0.4, 0.5) is 0 Å². The summed E-state index contributed by atoms with van der Waals surface area (Å²) in [5.41, 5.74) is 0.871. The highest BCUT2D eigenvalue weighted by molar-refractivity contribution is 5.82. The quantitative estimate of drug-likeness (QED) is 0.659. The van der Waals surface area contributed by atoms with E-state index in [9.17, 15) is 9.90 Å². The molecule has 0 radical (unpaired) electrons. The lowest BCUT2D eigenvalue weighted by Crippen LogP contribution is -2.41. The van der Waals surface area contributed by atoms with Crippen LogP contribution in [0.2, 0.25) is 0 Å². The highest BCUT2D eigenvalue weighted by Crippen LogP contribution is 2.34. The number of aliphatic hydroxyl groups is 1. The number of nitrogens with one attached hydrogen (secondary N) is 2. The third kappa shape index (κ3) is 4.27. The zero-order chi connectivity index (χ0) is 16.8. The van der Waals surface area contributed by atoms with Gasteiger partial charge in [0.25, 0.3) is 0 Å². The minimum absolute atomic E-state index is 0.104. The second-order valence-corrected chi connectivity index (χ2v) is 5.40. The summed E-state index contributed by atoms with van der Waals surface area (Å²) in [4.78, 5) is 12.0. The van der Waals surface area contributed by atoms with Crippen molar-refractivity contribution >= 4 is 5.91 Å². The van der Waals surface area contributed by atoms with Crippen LogP contribution in [0.1, 0.15) is 12.0 Å². The number of aliphatic hydroxyl groups excluding tert-OH is 1. The molecule has 0 bridgehead atoms. The predicted molar refractivity (Wildman–Crippen MR) is 85.2 cm³/mol. The van der Waals surface area contributed by atoms with E-state index in [2.05, 4.69) is 10.6 Å². The number of methoxy groups -OCH3 is 3. The summed E-state index contributed by atoms with van der Waals surface area (Å²) in [5.74, 6) is 1.86. The van der Waals surface area contributed by atoms with E-state index in [4.69, 9.17) is 14.2 Å². The number of rotatable bonds is 7. The number of carbonyl (C=O) groups is 1. The van der Waals surface area contributed by atoms with Crippen molar-refractivity contribution in [3.63, 3.8) is 0 Å². The van der Waals surface area contributed by atoms with Crippen LogP contribution >= 0.6 is 0 Å². The summed E-state index contributed by atoms with van der Waals surface area (Å²) in [6.07, 6.45) is 0.561. The number of β-amino-alcohol motifs (C(OH)–C–C–N with tert-alkyl or cyclic N) is 1. The van der Waals surface area contributed by atoms with Crippen molar-refractivity contribution in [3.8, 4) is 17.2 Å². The average molecular weight is 324 g/mol. The molecule has 7 nitrogen and oxygen atoms in total. The highest BCUT2D eigenvalue weighted by atomic mass is 16.5. The first-order valence-corrected chi connectivity index (χ1v) is 7.57. The van der Waals surface area contributed by atoms with Crippen molar-refractivity contribution < 1.29 is 24.1 Å². The van der Waals surface area contributed by atoms with E-state index in [-0.39, 0.29) is 11.9 Å². The molecule has 2 unspecified atom stereocenters. The molecule has 0 saturated carbocycles. The molecule has 1 aliphatic heterocycles. The fourth-order valence-corrected chi connectivity index (χ4v) is 2.67. The molecule has 1 aromatic rings. The topological polar surface area (TPSA) is 89.1 Å².